The standard InChI is InChI=1S/C15H15F5N2O3/c16-9-3-4-12(10(17)6-9)25-7-13(23)22-5-1-2-11(22)14(24)21-8-15(18,19)20/h3-4,6,11H,1-2,5,7-8H2,(H,21,24). The minimum Gasteiger partial charge on any atom is -0.481 e. The Kier molecular flexibility index (Phi) is 5.81. The highest BCUT2D eigenvalue weighted by atomic mass is 19.4. The zero-order valence-electron chi connectivity index (χ0n) is 12.9. The molecule has 138 valence electrons. The highest BCUT2D eigenvalue weighted by Crippen LogP contribution is 2.21. The van der Waals surface area contributed by atoms with Crippen LogP contribution in [-0.4, -0.2) is 48.6 Å². The third kappa shape index (κ3) is 5.30. The zero-order valence-corrected chi connectivity index (χ0v) is 12.9. The molecule has 1 aromatic carbocycles. The van der Waals surface area contributed by atoms with Crippen LogP contribution in [0, 0.1) is 11.6 Å². The van der Waals surface area contributed by atoms with Crippen molar-refractivity contribution in [1.82, 2.24) is 10.2 Å². The summed E-state index contributed by atoms with van der Waals surface area (Å²) in [5.41, 5.74) is 0. The minimum absolute atomic E-state index is 0.179. The number of amides is 2. The van der Waals surface area contributed by atoms with Crippen LogP contribution in [0.1, 0.15) is 12.8 Å². The van der Waals surface area contributed by atoms with Crippen molar-refractivity contribution in [3.8, 4) is 5.75 Å². The van der Waals surface area contributed by atoms with Crippen molar-refractivity contribution in [2.24, 2.45) is 0 Å². The SMILES string of the molecule is O=C(NCC(F)(F)F)C1CCCN1C(=O)COc1ccc(F)cc1F. The van der Waals surface area contributed by atoms with Gasteiger partial charge in [-0.25, -0.2) is 8.78 Å². The average molecular weight is 366 g/mol. The van der Waals surface area contributed by atoms with Gasteiger partial charge in [-0.2, -0.15) is 13.2 Å². The first kappa shape index (κ1) is 18.9. The molecular weight excluding hydrogens is 351 g/mol. The van der Waals surface area contributed by atoms with Gasteiger partial charge in [0.05, 0.1) is 0 Å². The summed E-state index contributed by atoms with van der Waals surface area (Å²) in [6, 6.07) is 1.52. The molecular formula is C15H15F5N2O3. The van der Waals surface area contributed by atoms with Crippen LogP contribution in [0.2, 0.25) is 0 Å². The first-order valence-corrected chi connectivity index (χ1v) is 7.39. The van der Waals surface area contributed by atoms with Crippen LogP contribution >= 0.6 is 0 Å². The molecule has 0 aromatic heterocycles. The number of carbonyl (C=O) groups is 2. The van der Waals surface area contributed by atoms with Crippen LogP contribution in [0.3, 0.4) is 0 Å². The Morgan fingerprint density at radius 2 is 2.00 bits per heavy atom. The molecule has 1 aromatic rings. The maximum atomic E-state index is 13.4. The number of rotatable bonds is 5. The summed E-state index contributed by atoms with van der Waals surface area (Å²) in [5, 5.41) is 1.74. The molecule has 1 unspecified atom stereocenters. The first-order valence-electron chi connectivity index (χ1n) is 7.39. The molecule has 10 heteroatoms. The predicted octanol–water partition coefficient (Wildman–Crippen LogP) is 2.01. The number of alkyl halides is 3. The Labute approximate surface area is 139 Å². The van der Waals surface area contributed by atoms with Gasteiger partial charge in [0.15, 0.2) is 18.2 Å². The Morgan fingerprint density at radius 1 is 1.28 bits per heavy atom. The van der Waals surface area contributed by atoms with E-state index in [1.165, 1.54) is 0 Å². The van der Waals surface area contributed by atoms with Gasteiger partial charge in [0, 0.05) is 12.6 Å². The summed E-state index contributed by atoms with van der Waals surface area (Å²) >= 11 is 0. The molecule has 0 spiro atoms. The van der Waals surface area contributed by atoms with Gasteiger partial charge in [-0.1, -0.05) is 0 Å². The number of nitrogens with zero attached hydrogens (tertiary/aromatic N) is 1. The van der Waals surface area contributed by atoms with E-state index in [0.29, 0.717) is 12.5 Å². The average Bonchev–Trinajstić information content (AvgIpc) is 3.00. The molecule has 0 saturated carbocycles. The fraction of sp³-hybridized carbons (Fsp3) is 0.467. The summed E-state index contributed by atoms with van der Waals surface area (Å²) in [4.78, 5) is 25.0. The minimum atomic E-state index is -4.55. The van der Waals surface area contributed by atoms with E-state index in [-0.39, 0.29) is 18.7 Å². The second-order valence-electron chi connectivity index (χ2n) is 5.44. The molecule has 1 aliphatic heterocycles. The van der Waals surface area contributed by atoms with E-state index in [4.69, 9.17) is 4.74 Å². The van der Waals surface area contributed by atoms with E-state index in [9.17, 15) is 31.5 Å². The first-order chi connectivity index (χ1) is 11.7. The number of halogens is 5. The van der Waals surface area contributed by atoms with Gasteiger partial charge >= 0.3 is 6.18 Å². The molecule has 1 fully saturated rings. The van der Waals surface area contributed by atoms with Crippen molar-refractivity contribution in [2.45, 2.75) is 25.1 Å². The Morgan fingerprint density at radius 3 is 2.64 bits per heavy atom. The maximum Gasteiger partial charge on any atom is 0.405 e. The monoisotopic (exact) mass is 366 g/mol. The summed E-state index contributed by atoms with van der Waals surface area (Å²) in [5.74, 6) is -3.72. The summed E-state index contributed by atoms with van der Waals surface area (Å²) in [6.07, 6.45) is -3.88. The Balaban J connectivity index is 1.92. The third-order valence-electron chi connectivity index (χ3n) is 3.58. The van der Waals surface area contributed by atoms with Crippen molar-refractivity contribution in [2.75, 3.05) is 19.7 Å². The van der Waals surface area contributed by atoms with Crippen LogP contribution in [0.25, 0.3) is 0 Å². The van der Waals surface area contributed by atoms with E-state index < -0.39 is 48.8 Å². The highest BCUT2D eigenvalue weighted by Gasteiger charge is 2.36. The molecule has 1 atom stereocenters. The van der Waals surface area contributed by atoms with E-state index in [1.54, 1.807) is 5.32 Å². The molecule has 25 heavy (non-hydrogen) atoms. The summed E-state index contributed by atoms with van der Waals surface area (Å²) in [6.45, 7) is -1.93. The number of hydrogen-bond donors (Lipinski definition) is 1. The lowest BCUT2D eigenvalue weighted by molar-refractivity contribution is -0.145. The Bertz CT molecular complexity index is 651. The van der Waals surface area contributed by atoms with Gasteiger partial charge in [0.25, 0.3) is 5.91 Å². The van der Waals surface area contributed by atoms with E-state index >= 15 is 0 Å². The van der Waals surface area contributed by atoms with Crippen molar-refractivity contribution in [3.63, 3.8) is 0 Å². The second kappa shape index (κ2) is 7.66. The second-order valence-corrected chi connectivity index (χ2v) is 5.44. The molecule has 2 amide bonds. The number of carbonyl (C=O) groups excluding carboxylic acids is 2. The van der Waals surface area contributed by atoms with Gasteiger partial charge in [-0.15, -0.1) is 0 Å². The number of nitrogens with one attached hydrogen (secondary N) is 1. The fourth-order valence-corrected chi connectivity index (χ4v) is 2.46. The quantitative estimate of drug-likeness (QED) is 0.812. The molecule has 1 aliphatic rings. The molecule has 1 N–H and O–H groups in total. The molecule has 2 rings (SSSR count). The van der Waals surface area contributed by atoms with Crippen LogP contribution in [0.5, 0.6) is 5.75 Å². The van der Waals surface area contributed by atoms with Gasteiger partial charge < -0.3 is 15.0 Å². The normalized spacial score (nSPS) is 17.5. The van der Waals surface area contributed by atoms with E-state index in [2.05, 4.69) is 0 Å². The van der Waals surface area contributed by atoms with Gasteiger partial charge in [-0.05, 0) is 25.0 Å². The predicted molar refractivity (Wildman–Crippen MR) is 75.7 cm³/mol. The summed E-state index contributed by atoms with van der Waals surface area (Å²) in [7, 11) is 0. The van der Waals surface area contributed by atoms with Gasteiger partial charge in [-0.3, -0.25) is 9.59 Å². The topological polar surface area (TPSA) is 58.6 Å². The number of hydrogen-bond acceptors (Lipinski definition) is 3. The third-order valence-corrected chi connectivity index (χ3v) is 3.58. The van der Waals surface area contributed by atoms with Crippen LogP contribution < -0.4 is 10.1 Å². The van der Waals surface area contributed by atoms with E-state index in [0.717, 1.165) is 17.0 Å². The number of benzene rings is 1. The maximum absolute atomic E-state index is 13.4. The molecule has 1 saturated heterocycles. The lowest BCUT2D eigenvalue weighted by Gasteiger charge is -2.24. The Hall–Kier alpha value is -2.39. The molecule has 0 bridgehead atoms. The molecule has 0 aliphatic carbocycles. The zero-order chi connectivity index (χ0) is 18.6. The largest absolute Gasteiger partial charge is 0.481 e. The molecule has 0 radical (unpaired) electrons. The van der Waals surface area contributed by atoms with E-state index in [1.807, 2.05) is 0 Å². The molecule has 5 nitrogen and oxygen atoms in total. The number of ether oxygens (including phenoxy) is 1. The fourth-order valence-electron chi connectivity index (χ4n) is 2.46. The van der Waals surface area contributed by atoms with Crippen molar-refractivity contribution in [1.29, 1.82) is 0 Å². The van der Waals surface area contributed by atoms with Crippen LogP contribution in [0.4, 0.5) is 22.0 Å². The van der Waals surface area contributed by atoms with Crippen LogP contribution in [-0.2, 0) is 9.59 Å². The van der Waals surface area contributed by atoms with Crippen molar-refractivity contribution >= 4 is 11.8 Å². The van der Waals surface area contributed by atoms with Gasteiger partial charge in [0.2, 0.25) is 5.91 Å². The summed E-state index contributed by atoms with van der Waals surface area (Å²) < 4.78 is 67.7. The molecule has 1 heterocycles. The van der Waals surface area contributed by atoms with Gasteiger partial charge in [0.1, 0.15) is 18.4 Å². The lowest BCUT2D eigenvalue weighted by atomic mass is 10.2. The highest BCUT2D eigenvalue weighted by molar-refractivity contribution is 5.88. The van der Waals surface area contributed by atoms with Crippen molar-refractivity contribution in [3.05, 3.63) is 29.8 Å². The lowest BCUT2D eigenvalue weighted by Crippen LogP contribution is -2.49. The van der Waals surface area contributed by atoms with Crippen LogP contribution in [0.15, 0.2) is 18.2 Å². The number of likely N-dealkylation sites (tertiary alicyclic amines) is 1. The van der Waals surface area contributed by atoms with Crippen molar-refractivity contribution < 1.29 is 36.3 Å². The smallest absolute Gasteiger partial charge is 0.405 e.